The molecule has 1 aliphatic heterocycles. The molecule has 0 fully saturated rings. The maximum absolute atomic E-state index is 13.8. The van der Waals surface area contributed by atoms with Crippen molar-refractivity contribution >= 4 is 23.4 Å². The second-order valence-electron chi connectivity index (χ2n) is 7.23. The van der Waals surface area contributed by atoms with Gasteiger partial charge in [0.05, 0.1) is 17.6 Å². The van der Waals surface area contributed by atoms with Crippen molar-refractivity contribution in [3.63, 3.8) is 0 Å². The number of fused-ring (bicyclic) bond motifs is 1. The van der Waals surface area contributed by atoms with Gasteiger partial charge < -0.3 is 10.2 Å². The lowest BCUT2D eigenvalue weighted by Crippen LogP contribution is -2.28. The van der Waals surface area contributed by atoms with Crippen LogP contribution in [0.1, 0.15) is 18.9 Å². The predicted molar refractivity (Wildman–Crippen MR) is 115 cm³/mol. The zero-order valence-corrected chi connectivity index (χ0v) is 16.8. The van der Waals surface area contributed by atoms with E-state index in [1.165, 1.54) is 12.1 Å². The molecular formula is C22H22F2N6. The van der Waals surface area contributed by atoms with E-state index in [-0.39, 0.29) is 5.56 Å². The summed E-state index contributed by atoms with van der Waals surface area (Å²) in [5.41, 5.74) is 2.67. The normalized spacial score (nSPS) is 13.7. The maximum atomic E-state index is 13.8. The topological polar surface area (TPSA) is 58.3 Å². The van der Waals surface area contributed by atoms with E-state index in [4.69, 9.17) is 4.98 Å². The summed E-state index contributed by atoms with van der Waals surface area (Å²) in [4.78, 5) is 11.2. The van der Waals surface area contributed by atoms with E-state index in [0.29, 0.717) is 35.1 Å². The van der Waals surface area contributed by atoms with Gasteiger partial charge in [0.2, 0.25) is 0 Å². The van der Waals surface area contributed by atoms with Crippen molar-refractivity contribution < 1.29 is 8.78 Å². The first-order valence-electron chi connectivity index (χ1n) is 9.56. The van der Waals surface area contributed by atoms with Gasteiger partial charge in [-0.3, -0.25) is 9.67 Å². The van der Waals surface area contributed by atoms with Gasteiger partial charge in [0.15, 0.2) is 5.82 Å². The molecule has 0 amide bonds. The van der Waals surface area contributed by atoms with E-state index in [9.17, 15) is 8.78 Å². The van der Waals surface area contributed by atoms with Crippen LogP contribution >= 0.6 is 0 Å². The first-order valence-corrected chi connectivity index (χ1v) is 9.56. The van der Waals surface area contributed by atoms with Crippen LogP contribution in [0.2, 0.25) is 0 Å². The summed E-state index contributed by atoms with van der Waals surface area (Å²) in [7, 11) is 1.84. The van der Waals surface area contributed by atoms with Crippen LogP contribution in [0.4, 0.5) is 26.0 Å². The fourth-order valence-electron chi connectivity index (χ4n) is 3.29. The largest absolute Gasteiger partial charge is 0.340 e. The zero-order chi connectivity index (χ0) is 21.3. The number of alkyl halides is 2. The van der Waals surface area contributed by atoms with Gasteiger partial charge >= 0.3 is 0 Å². The first-order chi connectivity index (χ1) is 14.3. The van der Waals surface area contributed by atoms with Gasteiger partial charge in [0.25, 0.3) is 5.92 Å². The minimum atomic E-state index is -2.92. The number of aryl methyl sites for hydroxylation is 1. The summed E-state index contributed by atoms with van der Waals surface area (Å²) >= 11 is 0. The molecule has 3 heterocycles. The van der Waals surface area contributed by atoms with Crippen molar-refractivity contribution in [1.82, 2.24) is 14.8 Å². The number of anilines is 2. The third-order valence-corrected chi connectivity index (χ3v) is 4.81. The van der Waals surface area contributed by atoms with Crippen LogP contribution in [-0.4, -0.2) is 27.5 Å². The lowest BCUT2D eigenvalue weighted by molar-refractivity contribution is 0.0175. The van der Waals surface area contributed by atoms with Gasteiger partial charge in [-0.15, -0.1) is 0 Å². The second kappa shape index (κ2) is 7.70. The Balaban J connectivity index is 1.70. The molecule has 4 rings (SSSR count). The number of aliphatic imine (C=N–C) groups is 1. The minimum Gasteiger partial charge on any atom is -0.340 e. The molecule has 0 unspecified atom stereocenters. The highest BCUT2D eigenvalue weighted by Gasteiger charge is 2.25. The first kappa shape index (κ1) is 19.8. The van der Waals surface area contributed by atoms with Crippen LogP contribution in [0, 0.1) is 0 Å². The van der Waals surface area contributed by atoms with Gasteiger partial charge in [-0.25, -0.2) is 13.8 Å². The fraction of sp³-hybridized carbons (Fsp3) is 0.227. The van der Waals surface area contributed by atoms with E-state index < -0.39 is 5.92 Å². The van der Waals surface area contributed by atoms with Crippen LogP contribution in [-0.2, 0) is 13.0 Å². The van der Waals surface area contributed by atoms with Crippen LogP contribution in [0.25, 0.3) is 11.3 Å². The third kappa shape index (κ3) is 4.07. The van der Waals surface area contributed by atoms with Crippen molar-refractivity contribution in [3.05, 3.63) is 66.8 Å². The molecule has 1 aliphatic rings. The Morgan fingerprint density at radius 2 is 2.07 bits per heavy atom. The van der Waals surface area contributed by atoms with Gasteiger partial charge in [0, 0.05) is 50.5 Å². The van der Waals surface area contributed by atoms with Gasteiger partial charge in [-0.2, -0.15) is 5.10 Å². The van der Waals surface area contributed by atoms with Gasteiger partial charge in [-0.1, -0.05) is 24.8 Å². The number of rotatable bonds is 5. The standard InChI is InChI=1S/C22H22F2N6/c1-15(27-18-13-26-29(3)14-18)30-11-5-10-25-20-9-8-19(28-21(20)30)16-6-4-7-17(12-16)22(2,23)24/h4,6-10,12-14,27H,1,5,11H2,2-3H3. The molecule has 0 aliphatic carbocycles. The molecule has 0 atom stereocenters. The highest BCUT2D eigenvalue weighted by molar-refractivity contribution is 5.78. The van der Waals surface area contributed by atoms with Crippen LogP contribution in [0.15, 0.2) is 66.2 Å². The maximum Gasteiger partial charge on any atom is 0.270 e. The third-order valence-electron chi connectivity index (χ3n) is 4.81. The average Bonchev–Trinajstić information content (AvgIpc) is 3.00. The van der Waals surface area contributed by atoms with Crippen LogP contribution < -0.4 is 10.2 Å². The fourth-order valence-corrected chi connectivity index (χ4v) is 3.29. The van der Waals surface area contributed by atoms with E-state index in [0.717, 1.165) is 19.0 Å². The Morgan fingerprint density at radius 3 is 2.80 bits per heavy atom. The second-order valence-corrected chi connectivity index (χ2v) is 7.23. The SMILES string of the molecule is C=C(Nc1cnn(C)c1)N1CCC=Nc2ccc(-c3cccc(C(C)(F)F)c3)nc21. The Labute approximate surface area is 173 Å². The average molecular weight is 408 g/mol. The number of hydrogen-bond acceptors (Lipinski definition) is 5. The molecule has 0 bridgehead atoms. The summed E-state index contributed by atoms with van der Waals surface area (Å²) in [6, 6.07) is 9.93. The highest BCUT2D eigenvalue weighted by Crippen LogP contribution is 2.35. The molecule has 3 aromatic rings. The van der Waals surface area contributed by atoms with Crippen LogP contribution in [0.5, 0.6) is 0 Å². The molecule has 0 saturated carbocycles. The molecule has 6 nitrogen and oxygen atoms in total. The lowest BCUT2D eigenvalue weighted by Gasteiger charge is -2.26. The number of aromatic nitrogens is 3. The molecule has 1 N–H and O–H groups in total. The van der Waals surface area contributed by atoms with Crippen molar-refractivity contribution in [2.45, 2.75) is 19.3 Å². The number of pyridine rings is 1. The van der Waals surface area contributed by atoms with Gasteiger partial charge in [0.1, 0.15) is 11.5 Å². The van der Waals surface area contributed by atoms with Gasteiger partial charge in [-0.05, 0) is 18.2 Å². The molecule has 154 valence electrons. The summed E-state index contributed by atoms with van der Waals surface area (Å²) in [5.74, 6) is -1.66. The molecule has 30 heavy (non-hydrogen) atoms. The minimum absolute atomic E-state index is 0.0470. The zero-order valence-electron chi connectivity index (χ0n) is 16.8. The lowest BCUT2D eigenvalue weighted by atomic mass is 10.0. The van der Waals surface area contributed by atoms with Crippen molar-refractivity contribution in [3.8, 4) is 11.3 Å². The van der Waals surface area contributed by atoms with E-state index in [1.54, 1.807) is 29.1 Å². The summed E-state index contributed by atoms with van der Waals surface area (Å²) < 4.78 is 29.3. The predicted octanol–water partition coefficient (Wildman–Crippen LogP) is 5.09. The number of nitrogens with zero attached hydrogens (tertiary/aromatic N) is 5. The molecular weight excluding hydrogens is 386 g/mol. The Morgan fingerprint density at radius 1 is 1.23 bits per heavy atom. The molecule has 8 heteroatoms. The quantitative estimate of drug-likeness (QED) is 0.639. The molecule has 2 aromatic heterocycles. The van der Waals surface area contributed by atoms with Crippen molar-refractivity contribution in [2.75, 3.05) is 16.8 Å². The Kier molecular flexibility index (Phi) is 5.07. The summed E-state index contributed by atoms with van der Waals surface area (Å²) in [6.45, 7) is 5.68. The molecule has 0 saturated heterocycles. The van der Waals surface area contributed by atoms with E-state index in [1.807, 2.05) is 30.4 Å². The number of hydrogen-bond donors (Lipinski definition) is 1. The van der Waals surface area contributed by atoms with E-state index >= 15 is 0 Å². The Hall–Kier alpha value is -3.55. The molecule has 1 aromatic carbocycles. The number of nitrogens with one attached hydrogen (secondary N) is 1. The van der Waals surface area contributed by atoms with E-state index in [2.05, 4.69) is 22.0 Å². The molecule has 0 radical (unpaired) electrons. The summed E-state index contributed by atoms with van der Waals surface area (Å²) in [6.07, 6.45) is 6.12. The molecule has 0 spiro atoms. The highest BCUT2D eigenvalue weighted by atomic mass is 19.3. The van der Waals surface area contributed by atoms with Crippen molar-refractivity contribution in [1.29, 1.82) is 0 Å². The number of halogens is 2. The van der Waals surface area contributed by atoms with Crippen LogP contribution in [0.3, 0.4) is 0 Å². The smallest absolute Gasteiger partial charge is 0.270 e. The van der Waals surface area contributed by atoms with Crippen molar-refractivity contribution in [2.24, 2.45) is 12.0 Å². The Bertz CT molecular complexity index is 1110. The number of benzene rings is 1. The summed E-state index contributed by atoms with van der Waals surface area (Å²) in [5, 5.41) is 7.40. The monoisotopic (exact) mass is 408 g/mol.